The predicted octanol–water partition coefficient (Wildman–Crippen LogP) is 1.74. The highest BCUT2D eigenvalue weighted by Crippen LogP contribution is 2.17. The SMILES string of the molecule is Cc1nc2ccc(S(=O)(=O)NCc3ccccn3)cc2[nH]1. The summed E-state index contributed by atoms with van der Waals surface area (Å²) in [6.45, 7) is 1.98. The molecule has 21 heavy (non-hydrogen) atoms. The third kappa shape index (κ3) is 2.93. The summed E-state index contributed by atoms with van der Waals surface area (Å²) >= 11 is 0. The number of H-pyrrole nitrogens is 1. The largest absolute Gasteiger partial charge is 0.342 e. The molecule has 2 N–H and O–H groups in total. The number of pyridine rings is 1. The Morgan fingerprint density at radius 3 is 2.86 bits per heavy atom. The average molecular weight is 302 g/mol. The number of imidazole rings is 1. The van der Waals surface area contributed by atoms with E-state index in [1.807, 2.05) is 13.0 Å². The summed E-state index contributed by atoms with van der Waals surface area (Å²) in [6, 6.07) is 10.2. The first-order valence-electron chi connectivity index (χ1n) is 6.40. The fourth-order valence-electron chi connectivity index (χ4n) is 2.04. The van der Waals surface area contributed by atoms with Crippen LogP contribution in [0.5, 0.6) is 0 Å². The third-order valence-corrected chi connectivity index (χ3v) is 4.45. The topological polar surface area (TPSA) is 87.7 Å². The highest BCUT2D eigenvalue weighted by Gasteiger charge is 2.15. The van der Waals surface area contributed by atoms with E-state index in [1.165, 1.54) is 0 Å². The van der Waals surface area contributed by atoms with Gasteiger partial charge in [-0.25, -0.2) is 18.1 Å². The van der Waals surface area contributed by atoms with Crippen LogP contribution in [0.1, 0.15) is 11.5 Å². The number of fused-ring (bicyclic) bond motifs is 1. The van der Waals surface area contributed by atoms with Crippen LogP contribution in [0.15, 0.2) is 47.5 Å². The number of hydrogen-bond acceptors (Lipinski definition) is 4. The van der Waals surface area contributed by atoms with E-state index in [2.05, 4.69) is 19.7 Å². The Labute approximate surface area is 122 Å². The molecule has 6 nitrogen and oxygen atoms in total. The van der Waals surface area contributed by atoms with Gasteiger partial charge in [0.1, 0.15) is 5.82 Å². The lowest BCUT2D eigenvalue weighted by molar-refractivity contribution is 0.580. The smallest absolute Gasteiger partial charge is 0.240 e. The van der Waals surface area contributed by atoms with Gasteiger partial charge in [0, 0.05) is 6.20 Å². The standard InChI is InChI=1S/C14H14N4O2S/c1-10-17-13-6-5-12(8-14(13)18-10)21(19,20)16-9-11-4-2-3-7-15-11/h2-8,16H,9H2,1H3,(H,17,18). The average Bonchev–Trinajstić information content (AvgIpc) is 2.85. The third-order valence-electron chi connectivity index (χ3n) is 3.05. The van der Waals surface area contributed by atoms with Crippen molar-refractivity contribution >= 4 is 21.1 Å². The van der Waals surface area contributed by atoms with Crippen LogP contribution in [0, 0.1) is 6.92 Å². The van der Waals surface area contributed by atoms with Crippen LogP contribution in [0.4, 0.5) is 0 Å². The lowest BCUT2D eigenvalue weighted by atomic mass is 10.3. The molecule has 7 heteroatoms. The van der Waals surface area contributed by atoms with Gasteiger partial charge in [-0.1, -0.05) is 6.07 Å². The Morgan fingerprint density at radius 1 is 1.24 bits per heavy atom. The molecule has 0 aliphatic heterocycles. The Balaban J connectivity index is 1.85. The van der Waals surface area contributed by atoms with E-state index in [0.717, 1.165) is 11.3 Å². The van der Waals surface area contributed by atoms with Gasteiger partial charge < -0.3 is 4.98 Å². The Morgan fingerprint density at radius 2 is 2.10 bits per heavy atom. The van der Waals surface area contributed by atoms with E-state index in [0.29, 0.717) is 11.2 Å². The zero-order chi connectivity index (χ0) is 14.9. The van der Waals surface area contributed by atoms with Crippen LogP contribution in [0.25, 0.3) is 11.0 Å². The molecule has 3 aromatic rings. The molecule has 0 spiro atoms. The van der Waals surface area contributed by atoms with E-state index >= 15 is 0 Å². The summed E-state index contributed by atoms with van der Waals surface area (Å²) in [5.41, 5.74) is 2.11. The molecule has 2 heterocycles. The molecule has 0 atom stereocenters. The van der Waals surface area contributed by atoms with Crippen molar-refractivity contribution in [2.75, 3.05) is 0 Å². The molecule has 108 valence electrons. The van der Waals surface area contributed by atoms with Crippen LogP contribution in [0.3, 0.4) is 0 Å². The minimum absolute atomic E-state index is 0.156. The van der Waals surface area contributed by atoms with Gasteiger partial charge in [-0.3, -0.25) is 4.98 Å². The molecule has 0 fully saturated rings. The number of aryl methyl sites for hydroxylation is 1. The maximum atomic E-state index is 12.3. The van der Waals surface area contributed by atoms with Gasteiger partial charge in [-0.2, -0.15) is 0 Å². The van der Waals surface area contributed by atoms with E-state index in [9.17, 15) is 8.42 Å². The highest BCUT2D eigenvalue weighted by atomic mass is 32.2. The summed E-state index contributed by atoms with van der Waals surface area (Å²) in [4.78, 5) is 11.6. The Bertz CT molecular complexity index is 872. The van der Waals surface area contributed by atoms with Gasteiger partial charge in [0.25, 0.3) is 0 Å². The van der Waals surface area contributed by atoms with Crippen molar-refractivity contribution in [2.24, 2.45) is 0 Å². The molecule has 0 aliphatic carbocycles. The van der Waals surface area contributed by atoms with E-state index in [4.69, 9.17) is 0 Å². The van der Waals surface area contributed by atoms with Crippen molar-refractivity contribution in [2.45, 2.75) is 18.4 Å². The Hall–Kier alpha value is -2.25. The molecule has 0 saturated carbocycles. The van der Waals surface area contributed by atoms with Crippen LogP contribution in [-0.4, -0.2) is 23.4 Å². The van der Waals surface area contributed by atoms with Gasteiger partial charge in [0.05, 0.1) is 28.2 Å². The number of benzene rings is 1. The van der Waals surface area contributed by atoms with Crippen LogP contribution < -0.4 is 4.72 Å². The molecule has 0 saturated heterocycles. The molecular weight excluding hydrogens is 288 g/mol. The van der Waals surface area contributed by atoms with Gasteiger partial charge in [0.2, 0.25) is 10.0 Å². The Kier molecular flexibility index (Phi) is 3.44. The van der Waals surface area contributed by atoms with Gasteiger partial charge >= 0.3 is 0 Å². The number of sulfonamides is 1. The summed E-state index contributed by atoms with van der Waals surface area (Å²) < 4.78 is 27.1. The minimum atomic E-state index is -3.58. The normalized spacial score (nSPS) is 11.9. The molecule has 0 aliphatic rings. The number of nitrogens with one attached hydrogen (secondary N) is 2. The number of aromatic nitrogens is 3. The number of hydrogen-bond donors (Lipinski definition) is 2. The predicted molar refractivity (Wildman–Crippen MR) is 79.1 cm³/mol. The molecule has 1 aromatic carbocycles. The van der Waals surface area contributed by atoms with Crippen molar-refractivity contribution in [3.63, 3.8) is 0 Å². The molecule has 3 rings (SSSR count). The second-order valence-corrected chi connectivity index (χ2v) is 6.41. The van der Waals surface area contributed by atoms with Crippen molar-refractivity contribution < 1.29 is 8.42 Å². The maximum Gasteiger partial charge on any atom is 0.240 e. The fraction of sp³-hybridized carbons (Fsp3) is 0.143. The zero-order valence-electron chi connectivity index (χ0n) is 11.4. The fourth-order valence-corrected chi connectivity index (χ4v) is 3.06. The molecule has 0 unspecified atom stereocenters. The van der Waals surface area contributed by atoms with Crippen LogP contribution in [0.2, 0.25) is 0 Å². The first-order valence-corrected chi connectivity index (χ1v) is 7.89. The minimum Gasteiger partial charge on any atom is -0.342 e. The summed E-state index contributed by atoms with van der Waals surface area (Å²) in [5.74, 6) is 0.751. The summed E-state index contributed by atoms with van der Waals surface area (Å²) in [5, 5.41) is 0. The quantitative estimate of drug-likeness (QED) is 0.768. The first kappa shape index (κ1) is 13.7. The van der Waals surface area contributed by atoms with Crippen LogP contribution >= 0.6 is 0 Å². The lowest BCUT2D eigenvalue weighted by Gasteiger charge is -2.06. The van der Waals surface area contributed by atoms with Crippen molar-refractivity contribution in [3.05, 3.63) is 54.1 Å². The number of aromatic amines is 1. The lowest BCUT2D eigenvalue weighted by Crippen LogP contribution is -2.23. The zero-order valence-corrected chi connectivity index (χ0v) is 12.2. The molecule has 0 amide bonds. The van der Waals surface area contributed by atoms with Gasteiger partial charge in [-0.15, -0.1) is 0 Å². The molecule has 0 radical (unpaired) electrons. The summed E-state index contributed by atoms with van der Waals surface area (Å²) in [6.07, 6.45) is 1.63. The van der Waals surface area contributed by atoms with Gasteiger partial charge in [0.15, 0.2) is 0 Å². The molecule has 2 aromatic heterocycles. The monoisotopic (exact) mass is 302 g/mol. The summed E-state index contributed by atoms with van der Waals surface area (Å²) in [7, 11) is -3.58. The second kappa shape index (κ2) is 5.27. The van der Waals surface area contributed by atoms with Crippen molar-refractivity contribution in [3.8, 4) is 0 Å². The first-order chi connectivity index (χ1) is 10.0. The number of rotatable bonds is 4. The van der Waals surface area contributed by atoms with E-state index in [1.54, 1.807) is 36.5 Å². The molecular formula is C14H14N4O2S. The van der Waals surface area contributed by atoms with Gasteiger partial charge in [-0.05, 0) is 37.3 Å². The molecule has 0 bridgehead atoms. The van der Waals surface area contributed by atoms with E-state index < -0.39 is 10.0 Å². The highest BCUT2D eigenvalue weighted by molar-refractivity contribution is 7.89. The second-order valence-electron chi connectivity index (χ2n) is 4.65. The maximum absolute atomic E-state index is 12.3. The number of nitrogens with zero attached hydrogens (tertiary/aromatic N) is 2. The van der Waals surface area contributed by atoms with Crippen LogP contribution in [-0.2, 0) is 16.6 Å². The van der Waals surface area contributed by atoms with Crippen molar-refractivity contribution in [1.29, 1.82) is 0 Å². The van der Waals surface area contributed by atoms with Crippen molar-refractivity contribution in [1.82, 2.24) is 19.7 Å². The van der Waals surface area contributed by atoms with E-state index in [-0.39, 0.29) is 11.4 Å².